The number of furan rings is 2. The van der Waals surface area contributed by atoms with Crippen molar-refractivity contribution in [1.29, 1.82) is 0 Å². The Labute approximate surface area is 474 Å². The van der Waals surface area contributed by atoms with E-state index in [1.807, 2.05) is 24.3 Å². The molecule has 15 aromatic rings. The van der Waals surface area contributed by atoms with Gasteiger partial charge < -0.3 is 8.83 Å². The van der Waals surface area contributed by atoms with E-state index in [2.05, 4.69) is 246 Å². The Bertz CT molecular complexity index is 5210. The molecule has 0 saturated heterocycles. The lowest BCUT2D eigenvalue weighted by Gasteiger charge is -2.22. The van der Waals surface area contributed by atoms with Crippen LogP contribution in [0.2, 0.25) is 0 Å². The van der Waals surface area contributed by atoms with Crippen LogP contribution in [0.3, 0.4) is 0 Å². The summed E-state index contributed by atoms with van der Waals surface area (Å²) >= 11 is 0. The quantitative estimate of drug-likeness (QED) is 0.156. The van der Waals surface area contributed by atoms with Gasteiger partial charge in [-0.05, 0) is 121 Å². The van der Waals surface area contributed by atoms with Crippen LogP contribution in [0.1, 0.15) is 49.9 Å². The molecule has 82 heavy (non-hydrogen) atoms. The van der Waals surface area contributed by atoms with E-state index in [0.29, 0.717) is 0 Å². The highest BCUT2D eigenvalue weighted by molar-refractivity contribution is 6.11. The van der Waals surface area contributed by atoms with Gasteiger partial charge in [-0.2, -0.15) is 0 Å². The van der Waals surface area contributed by atoms with E-state index in [0.717, 1.165) is 133 Å². The van der Waals surface area contributed by atoms with Crippen molar-refractivity contribution in [3.63, 3.8) is 0 Å². The van der Waals surface area contributed by atoms with Crippen LogP contribution in [0.5, 0.6) is 0 Å². The van der Waals surface area contributed by atoms with Gasteiger partial charge in [0.05, 0.1) is 22.4 Å². The highest BCUT2D eigenvalue weighted by atomic mass is 16.3. The molecule has 0 saturated carbocycles. The predicted octanol–water partition coefficient (Wildman–Crippen LogP) is 21.2. The first-order chi connectivity index (χ1) is 40.1. The normalized spacial score (nSPS) is 13.8. The van der Waals surface area contributed by atoms with Crippen molar-refractivity contribution in [3.05, 3.63) is 265 Å². The van der Waals surface area contributed by atoms with Crippen LogP contribution in [0.15, 0.2) is 251 Å². The van der Waals surface area contributed by atoms with Crippen LogP contribution in [-0.2, 0) is 10.8 Å². The molecule has 0 atom stereocenters. The summed E-state index contributed by atoms with van der Waals surface area (Å²) in [5, 5.41) is 6.53. The topological polar surface area (TPSA) is 52.1 Å². The first kappa shape index (κ1) is 46.7. The van der Waals surface area contributed by atoms with Crippen molar-refractivity contribution in [1.82, 2.24) is 9.97 Å². The molecule has 0 N–H and O–H groups in total. The Morgan fingerprint density at radius 2 is 0.695 bits per heavy atom. The molecule has 4 heterocycles. The summed E-state index contributed by atoms with van der Waals surface area (Å²) in [7, 11) is 0. The SMILES string of the molecule is CC1(C)c2ccccc2-c2ccc(-c3cc4ccc5cc(-c6ccc7c(c6)C(C)(C)c6ccccc6-7)c(-c6ccc(-c7cccc8c7oc7ccccc78)cc6)nc5c4nc3-c3ccc(-c4ccc5oc6ccccc6c5c4)cc3)cc21. The summed E-state index contributed by atoms with van der Waals surface area (Å²) in [5.74, 6) is 0. The second kappa shape index (κ2) is 17.2. The van der Waals surface area contributed by atoms with Crippen LogP contribution in [0.4, 0.5) is 0 Å². The van der Waals surface area contributed by atoms with Gasteiger partial charge in [-0.3, -0.25) is 0 Å². The number of rotatable bonds is 6. The molecule has 4 aromatic heterocycles. The second-order valence-corrected chi connectivity index (χ2v) is 23.6. The van der Waals surface area contributed by atoms with E-state index in [1.165, 1.54) is 44.5 Å². The zero-order chi connectivity index (χ0) is 54.6. The molecule has 0 amide bonds. The number of pyridine rings is 2. The molecule has 0 spiro atoms. The van der Waals surface area contributed by atoms with E-state index >= 15 is 0 Å². The summed E-state index contributed by atoms with van der Waals surface area (Å²) in [6.07, 6.45) is 0. The molecule has 4 heteroatoms. The summed E-state index contributed by atoms with van der Waals surface area (Å²) in [6, 6.07) is 88.3. The third-order valence-electron chi connectivity index (χ3n) is 18.3. The summed E-state index contributed by atoms with van der Waals surface area (Å²) in [4.78, 5) is 11.7. The monoisotopic (exact) mass is 1050 g/mol. The van der Waals surface area contributed by atoms with E-state index < -0.39 is 0 Å². The lowest BCUT2D eigenvalue weighted by Crippen LogP contribution is -2.14. The molecular formula is C78H52N2O2. The van der Waals surface area contributed by atoms with E-state index in [9.17, 15) is 0 Å². The fourth-order valence-electron chi connectivity index (χ4n) is 14.0. The lowest BCUT2D eigenvalue weighted by molar-refractivity contribution is 0.660. The Balaban J connectivity index is 0.861. The molecule has 4 nitrogen and oxygen atoms in total. The minimum absolute atomic E-state index is 0.165. The van der Waals surface area contributed by atoms with E-state index in [-0.39, 0.29) is 10.8 Å². The molecule has 2 aliphatic carbocycles. The molecule has 0 aliphatic heterocycles. The number of hydrogen-bond donors (Lipinski definition) is 0. The fourth-order valence-corrected chi connectivity index (χ4v) is 14.0. The number of hydrogen-bond acceptors (Lipinski definition) is 4. The van der Waals surface area contributed by atoms with Gasteiger partial charge in [-0.1, -0.05) is 222 Å². The van der Waals surface area contributed by atoms with Crippen molar-refractivity contribution in [2.45, 2.75) is 38.5 Å². The third-order valence-corrected chi connectivity index (χ3v) is 18.3. The maximum Gasteiger partial charge on any atom is 0.143 e. The molecule has 386 valence electrons. The van der Waals surface area contributed by atoms with Gasteiger partial charge in [0, 0.05) is 71.0 Å². The number of nitrogens with zero attached hydrogens (tertiary/aromatic N) is 2. The zero-order valence-electron chi connectivity index (χ0n) is 45.8. The fraction of sp³-hybridized carbons (Fsp3) is 0.0769. The number of fused-ring (bicyclic) bond motifs is 15. The summed E-state index contributed by atoms with van der Waals surface area (Å²) in [5.41, 5.74) is 28.2. The lowest BCUT2D eigenvalue weighted by atomic mass is 9.81. The molecule has 0 fully saturated rings. The van der Waals surface area contributed by atoms with Gasteiger partial charge in [0.2, 0.25) is 0 Å². The number of benzene rings is 11. The Morgan fingerprint density at radius 3 is 1.28 bits per heavy atom. The molecule has 0 radical (unpaired) electrons. The van der Waals surface area contributed by atoms with Gasteiger partial charge >= 0.3 is 0 Å². The van der Waals surface area contributed by atoms with Gasteiger partial charge in [-0.15, -0.1) is 0 Å². The smallest absolute Gasteiger partial charge is 0.143 e. The summed E-state index contributed by atoms with van der Waals surface area (Å²) < 4.78 is 12.8. The molecule has 0 unspecified atom stereocenters. The minimum Gasteiger partial charge on any atom is -0.456 e. The van der Waals surface area contributed by atoms with Crippen molar-refractivity contribution in [2.24, 2.45) is 0 Å². The number of para-hydroxylation sites is 3. The highest BCUT2D eigenvalue weighted by Crippen LogP contribution is 2.52. The zero-order valence-corrected chi connectivity index (χ0v) is 45.8. The van der Waals surface area contributed by atoms with Gasteiger partial charge in [0.15, 0.2) is 0 Å². The minimum atomic E-state index is -0.168. The Hall–Kier alpha value is -10.2. The maximum absolute atomic E-state index is 6.54. The first-order valence-electron chi connectivity index (χ1n) is 28.4. The van der Waals surface area contributed by atoms with Crippen LogP contribution in [0, 0.1) is 0 Å². The summed E-state index contributed by atoms with van der Waals surface area (Å²) in [6.45, 7) is 9.40. The van der Waals surface area contributed by atoms with Crippen LogP contribution >= 0.6 is 0 Å². The molecule has 2 aliphatic rings. The Morgan fingerprint density at radius 1 is 0.268 bits per heavy atom. The first-order valence-corrected chi connectivity index (χ1v) is 28.4. The van der Waals surface area contributed by atoms with E-state index in [4.69, 9.17) is 18.8 Å². The van der Waals surface area contributed by atoms with Crippen molar-refractivity contribution < 1.29 is 8.83 Å². The number of aromatic nitrogens is 2. The molecule has 17 rings (SSSR count). The van der Waals surface area contributed by atoms with Gasteiger partial charge in [-0.25, -0.2) is 9.97 Å². The predicted molar refractivity (Wildman–Crippen MR) is 339 cm³/mol. The average Bonchev–Trinajstić information content (AvgIpc) is 4.13. The maximum atomic E-state index is 6.54. The van der Waals surface area contributed by atoms with Crippen molar-refractivity contribution >= 4 is 65.7 Å². The average molecular weight is 1050 g/mol. The van der Waals surface area contributed by atoms with Crippen molar-refractivity contribution in [2.75, 3.05) is 0 Å². The van der Waals surface area contributed by atoms with Crippen LogP contribution in [0.25, 0.3) is 155 Å². The second-order valence-electron chi connectivity index (χ2n) is 23.6. The Kier molecular flexibility index (Phi) is 9.79. The van der Waals surface area contributed by atoms with Crippen molar-refractivity contribution in [3.8, 4) is 89.3 Å². The standard InChI is InChI=1S/C78H52N2O2/c1-77(2)65-20-9-5-14-55(65)57-37-34-50(43-67(57)77)62-41-52-32-33-53-42-63(51-35-38-58-56-15-6-10-21-66(56)78(3,4)68(58)44-51)73(48-30-26-46(27-31-48)54-18-13-19-61-59-16-7-12-23-70(59)82-76(54)61)80-75(53)74(52)79-72(62)47-28-24-45(25-29-47)49-36-39-71-64(40-49)60-17-8-11-22-69(60)81-71/h5-44H,1-4H3. The largest absolute Gasteiger partial charge is 0.456 e. The van der Waals surface area contributed by atoms with E-state index in [1.54, 1.807) is 0 Å². The van der Waals surface area contributed by atoms with Crippen LogP contribution in [-0.4, -0.2) is 9.97 Å². The molecule has 11 aromatic carbocycles. The highest BCUT2D eigenvalue weighted by Gasteiger charge is 2.37. The van der Waals surface area contributed by atoms with Gasteiger partial charge in [0.1, 0.15) is 22.3 Å². The molecular weight excluding hydrogens is 997 g/mol. The van der Waals surface area contributed by atoms with Crippen LogP contribution < -0.4 is 0 Å². The third kappa shape index (κ3) is 6.85. The van der Waals surface area contributed by atoms with Gasteiger partial charge in [0.25, 0.3) is 0 Å². The molecule has 0 bridgehead atoms.